The maximum atomic E-state index is 15.6. The first-order valence-corrected chi connectivity index (χ1v) is 45.6. The van der Waals surface area contributed by atoms with Crippen molar-refractivity contribution in [1.82, 2.24) is 72.8 Å². The van der Waals surface area contributed by atoms with E-state index in [1.807, 2.05) is 24.3 Å². The number of primary amides is 1. The lowest BCUT2D eigenvalue weighted by atomic mass is 9.99. The first-order chi connectivity index (χ1) is 60.4. The van der Waals surface area contributed by atoms with Crippen molar-refractivity contribution in [3.63, 3.8) is 0 Å². The molecule has 0 aliphatic carbocycles. The maximum Gasteiger partial charge on any atom is 0.245 e. The molecular formula is C86H118ClN19O19S2. The number of likely N-dealkylation sites (tertiary alicyclic amines) is 1. The minimum absolute atomic E-state index is 0.0294. The van der Waals surface area contributed by atoms with Crippen molar-refractivity contribution in [2.45, 2.75) is 158 Å². The van der Waals surface area contributed by atoms with Gasteiger partial charge in [-0.25, -0.2) is 27.1 Å². The molecule has 0 bridgehead atoms. The normalized spacial score (nSPS) is 15.8. The number of amides is 11. The number of sulfonamides is 2. The third kappa shape index (κ3) is 34.5. The van der Waals surface area contributed by atoms with Crippen molar-refractivity contribution >= 4 is 113 Å². The van der Waals surface area contributed by atoms with Crippen molar-refractivity contribution in [2.24, 2.45) is 27.7 Å². The van der Waals surface area contributed by atoms with E-state index in [4.69, 9.17) is 43.5 Å². The number of morpholine rings is 1. The largest absolute Gasteiger partial charge is 0.395 e. The van der Waals surface area contributed by atoms with Crippen LogP contribution in [0.3, 0.4) is 0 Å². The number of hydrogen-bond acceptors (Lipinski definition) is 23. The summed E-state index contributed by atoms with van der Waals surface area (Å²) in [4.78, 5) is 167. The number of fused-ring (bicyclic) bond motifs is 1. The summed E-state index contributed by atoms with van der Waals surface area (Å²) in [6, 6.07) is 26.0. The van der Waals surface area contributed by atoms with E-state index in [0.29, 0.717) is 77.0 Å². The van der Waals surface area contributed by atoms with Crippen LogP contribution in [0.2, 0.25) is 5.02 Å². The van der Waals surface area contributed by atoms with Gasteiger partial charge >= 0.3 is 0 Å². The number of primary sulfonamides is 2. The molecule has 8 rings (SSSR count). The molecule has 2 saturated heterocycles. The minimum Gasteiger partial charge on any atom is -0.395 e. The number of carbonyl (C=O) groups is 11. The summed E-state index contributed by atoms with van der Waals surface area (Å²) >= 11 is 6.31. The van der Waals surface area contributed by atoms with Crippen LogP contribution in [0.15, 0.2) is 146 Å². The molecule has 0 unspecified atom stereocenters. The highest BCUT2D eigenvalue weighted by Crippen LogP contribution is 2.24. The molecule has 0 spiro atoms. The molecule has 2 heterocycles. The second-order valence-corrected chi connectivity index (χ2v) is 35.7. The number of hydrogen-bond donors (Lipinski definition) is 18. The molecule has 6 aromatic carbocycles. The Hall–Kier alpha value is -11.1. The van der Waals surface area contributed by atoms with Crippen molar-refractivity contribution in [3.05, 3.63) is 190 Å². The number of carbonyl (C=O) groups excluding carboxylic acids is 11. The van der Waals surface area contributed by atoms with Gasteiger partial charge in [0.2, 0.25) is 85.0 Å². The number of nitrogens with two attached hydrogens (primary N) is 4. The maximum absolute atomic E-state index is 15.6. The molecule has 11 amide bonds. The van der Waals surface area contributed by atoms with Gasteiger partial charge in [-0.2, -0.15) is 0 Å². The van der Waals surface area contributed by atoms with E-state index in [1.165, 1.54) is 24.0 Å². The van der Waals surface area contributed by atoms with Crippen LogP contribution in [0.4, 0.5) is 0 Å². The number of nitrogens with one attached hydrogen (secondary N) is 11. The van der Waals surface area contributed by atoms with Gasteiger partial charge in [-0.1, -0.05) is 159 Å². The summed E-state index contributed by atoms with van der Waals surface area (Å²) in [6.45, 7) is 6.43. The highest BCUT2D eigenvalue weighted by atomic mass is 35.5. The molecule has 2 aliphatic heterocycles. The molecule has 38 nitrogen and oxygen atoms in total. The number of nitrogens with zero attached hydrogens (tertiary/aromatic N) is 4. The van der Waals surface area contributed by atoms with Crippen molar-refractivity contribution in [3.8, 4) is 0 Å². The number of guanidine groups is 1. The van der Waals surface area contributed by atoms with Crippen LogP contribution < -0.4 is 74.9 Å². The van der Waals surface area contributed by atoms with Gasteiger partial charge in [-0.15, -0.1) is 0 Å². The summed E-state index contributed by atoms with van der Waals surface area (Å²) in [5.41, 5.74) is 15.0. The second kappa shape index (κ2) is 49.8. The molecule has 2 aliphatic rings. The lowest BCUT2D eigenvalue weighted by Gasteiger charge is -2.31. The summed E-state index contributed by atoms with van der Waals surface area (Å²) in [5.74, 6) is -13.1. The van der Waals surface area contributed by atoms with Crippen LogP contribution in [-0.4, -0.2) is 274 Å². The Kier molecular flexibility index (Phi) is 39.7. The van der Waals surface area contributed by atoms with Crippen LogP contribution in [0, 0.1) is 11.3 Å². The molecular weight excluding hydrogens is 1700 g/mol. The Morgan fingerprint density at radius 1 is 0.512 bits per heavy atom. The second-order valence-electron chi connectivity index (χ2n) is 32.1. The number of rotatable bonds is 50. The van der Waals surface area contributed by atoms with Gasteiger partial charge in [0.05, 0.1) is 39.6 Å². The van der Waals surface area contributed by atoms with E-state index >= 15 is 33.6 Å². The number of aliphatic hydroxyl groups is 3. The van der Waals surface area contributed by atoms with E-state index in [0.717, 1.165) is 21.9 Å². The van der Waals surface area contributed by atoms with Gasteiger partial charge in [-0.05, 0) is 107 Å². The molecule has 2 fully saturated rings. The Bertz CT molecular complexity index is 4930. The number of aliphatic hydroxyl groups excluding tert-OH is 3. The topological polar surface area (TPSA) is 587 Å². The van der Waals surface area contributed by atoms with Gasteiger partial charge in [0.25, 0.3) is 0 Å². The zero-order valence-electron chi connectivity index (χ0n) is 71.3. The number of benzene rings is 6. The van der Waals surface area contributed by atoms with Crippen molar-refractivity contribution in [2.75, 3.05) is 90.6 Å². The summed E-state index contributed by atoms with van der Waals surface area (Å²) < 4.78 is 54.7. The van der Waals surface area contributed by atoms with E-state index in [9.17, 15) is 51.3 Å². The molecule has 690 valence electrons. The van der Waals surface area contributed by atoms with E-state index in [1.54, 1.807) is 128 Å². The first kappa shape index (κ1) is 101. The SMILES string of the molecule is CC(C)C[C@H](NC(=O)[C@@H](Cc1ccc(CN2CCOCC2)cc1)NC(=O)[C@H](Cc1ccc(CN(CCO)CCO)cc1)NC(=O)[C@H](CO)NC(=O)[C@@H](Cc1ccccc1)NC(=O)[C@@H](Cc1ccc(Cl)cc1)NC(=O)[C@@H](Cc1ccc2ccccc2c1)NC(=O)CN(CS(N)(=O)=O)CS(N)(=O)=O)C(=O)N[C@@H](CCCNC(=N)N)C(=O)N1CCC[C@H]1C(=O)N[C@H](C)C(N)=O. The van der Waals surface area contributed by atoms with Gasteiger partial charge in [0, 0.05) is 89.5 Å². The Labute approximate surface area is 743 Å². The Morgan fingerprint density at radius 2 is 0.945 bits per heavy atom. The monoisotopic (exact) mass is 1820 g/mol. The third-order valence-corrected chi connectivity index (χ3v) is 22.9. The first-order valence-electron chi connectivity index (χ1n) is 41.8. The fraction of sp³-hybridized carbons (Fsp3) is 0.465. The fourth-order valence-electron chi connectivity index (χ4n) is 14.8. The summed E-state index contributed by atoms with van der Waals surface area (Å²) in [6.07, 6.45) is -0.747. The standard InChI is InChI=1S/C86H118ClN19O19S2/c1-54(2)41-67(77(112)96-66(15-9-31-93-86(89)90)85(120)106-32-10-16-74(106)84(119)94-55(3)76(88)111)97-79(114)70(44-57-19-23-61(24-20-57)49-104-35-39-125-40-36-104)100-81(116)72(45-58-17-21-60(22-18-58)48-103(33-37-107)34-38-108)101-83(118)73(51-109)102-82(117)69(43-56-11-5-4-6-12-56)99-80(115)71(46-59-26-29-65(87)30-27-59)98-78(113)68(47-62-25-28-63-13-7-8-14-64(63)42-62)95-75(110)50-105(52-126(91,121)122)53-127(92,123)124/h4-8,11-14,17-30,42,54-55,66-74,107-109H,9-10,15-16,31-41,43-53H2,1-3H3,(H2,88,111)(H,94,119)(H,95,110)(H,96,112)(H,97,114)(H,98,113)(H,99,115)(H,100,116)(H,101,118)(H,102,117)(H4,89,90,93)(H2,91,121,122)(H2,92,123,124)/t55-,66+,67+,68-,69-,70-,71-,72+,73+,74+/m1/s1. The lowest BCUT2D eigenvalue weighted by Crippen LogP contribution is -2.62. The fourth-order valence-corrected chi connectivity index (χ4v) is 16.4. The zero-order chi connectivity index (χ0) is 92.5. The van der Waals surface area contributed by atoms with Crippen LogP contribution in [0.1, 0.15) is 91.8 Å². The van der Waals surface area contributed by atoms with E-state index < -0.39 is 170 Å². The average molecular weight is 1820 g/mol. The summed E-state index contributed by atoms with van der Waals surface area (Å²) in [5, 5.41) is 77.9. The quantitative estimate of drug-likeness (QED) is 0.0107. The van der Waals surface area contributed by atoms with Gasteiger partial charge in [-0.3, -0.25) is 72.8 Å². The highest BCUT2D eigenvalue weighted by Gasteiger charge is 2.41. The van der Waals surface area contributed by atoms with Gasteiger partial charge in [0.15, 0.2) is 5.96 Å². The molecule has 6 aromatic rings. The van der Waals surface area contributed by atoms with Gasteiger partial charge in [0.1, 0.15) is 72.2 Å². The Morgan fingerprint density at radius 3 is 1.44 bits per heavy atom. The molecule has 0 saturated carbocycles. The Balaban J connectivity index is 1.12. The number of halogens is 1. The predicted molar refractivity (Wildman–Crippen MR) is 474 cm³/mol. The summed E-state index contributed by atoms with van der Waals surface area (Å²) in [7, 11) is -8.93. The smallest absolute Gasteiger partial charge is 0.245 e. The molecule has 10 atom stereocenters. The molecule has 0 aromatic heterocycles. The average Bonchev–Trinajstić information content (AvgIpc) is 1.63. The molecule has 22 N–H and O–H groups in total. The molecule has 0 radical (unpaired) electrons. The van der Waals surface area contributed by atoms with Crippen molar-refractivity contribution in [1.29, 1.82) is 5.41 Å². The van der Waals surface area contributed by atoms with E-state index in [2.05, 4.69) is 58.1 Å². The zero-order valence-corrected chi connectivity index (χ0v) is 73.6. The van der Waals surface area contributed by atoms with Crippen LogP contribution in [0.25, 0.3) is 10.8 Å². The predicted octanol–water partition coefficient (Wildman–Crippen LogP) is -2.42. The van der Waals surface area contributed by atoms with Gasteiger partial charge < -0.3 is 89.6 Å². The molecule has 127 heavy (non-hydrogen) atoms. The highest BCUT2D eigenvalue weighted by molar-refractivity contribution is 7.89. The third-order valence-electron chi connectivity index (χ3n) is 21.2. The van der Waals surface area contributed by atoms with E-state index in [-0.39, 0.29) is 116 Å². The van der Waals surface area contributed by atoms with Crippen LogP contribution in [-0.2, 0) is 123 Å². The minimum atomic E-state index is -4.47. The van der Waals surface area contributed by atoms with Crippen LogP contribution in [0.5, 0.6) is 0 Å². The lowest BCUT2D eigenvalue weighted by molar-refractivity contribution is -0.142. The van der Waals surface area contributed by atoms with Crippen molar-refractivity contribution < 1.29 is 89.6 Å². The number of ether oxygens (including phenoxy) is 1. The van der Waals surface area contributed by atoms with Crippen LogP contribution >= 0.6 is 11.6 Å². The molecule has 41 heteroatoms.